The number of nitrogens with zero attached hydrogens (tertiary/aromatic N) is 1. The maximum absolute atomic E-state index is 12.4. The Kier molecular flexibility index (Phi) is 5.19. The zero-order valence-electron chi connectivity index (χ0n) is 12.1. The fourth-order valence-electron chi connectivity index (χ4n) is 2.77. The zero-order chi connectivity index (χ0) is 14.4. The molecule has 1 N–H and O–H groups in total. The van der Waals surface area contributed by atoms with E-state index in [1.54, 1.807) is 11.3 Å². The molecular formula is C16H22N2OS. The van der Waals surface area contributed by atoms with Gasteiger partial charge in [0.05, 0.1) is 12.6 Å². The van der Waals surface area contributed by atoms with Crippen LogP contribution in [-0.4, -0.2) is 5.91 Å². The predicted molar refractivity (Wildman–Crippen MR) is 81.3 cm³/mol. The van der Waals surface area contributed by atoms with Crippen molar-refractivity contribution in [1.82, 2.24) is 5.32 Å². The Morgan fingerprint density at radius 3 is 2.50 bits per heavy atom. The summed E-state index contributed by atoms with van der Waals surface area (Å²) in [6.07, 6.45) is 6.70. The average Bonchev–Trinajstić information content (AvgIpc) is 2.80. The molecule has 1 aromatic rings. The number of aryl methyl sites for hydroxylation is 1. The lowest BCUT2D eigenvalue weighted by molar-refractivity contribution is -0.128. The summed E-state index contributed by atoms with van der Waals surface area (Å²) in [5.74, 6) is -0.0756. The fraction of sp³-hybridized carbons (Fsp3) is 0.625. The van der Waals surface area contributed by atoms with E-state index in [2.05, 4.69) is 30.4 Å². The lowest BCUT2D eigenvalue weighted by atomic mass is 9.81. The molecule has 1 amide bonds. The van der Waals surface area contributed by atoms with Crippen molar-refractivity contribution in [2.45, 2.75) is 58.4 Å². The molecule has 1 fully saturated rings. The number of nitriles is 1. The van der Waals surface area contributed by atoms with Crippen LogP contribution in [0.1, 0.15) is 55.2 Å². The number of hydrogen-bond donors (Lipinski definition) is 1. The van der Waals surface area contributed by atoms with E-state index < -0.39 is 5.41 Å². The number of thiophene rings is 1. The Bertz CT molecular complexity index is 493. The van der Waals surface area contributed by atoms with E-state index in [1.807, 2.05) is 0 Å². The first-order chi connectivity index (χ1) is 9.70. The molecule has 3 nitrogen and oxygen atoms in total. The highest BCUT2D eigenvalue weighted by atomic mass is 32.1. The fourth-order valence-corrected chi connectivity index (χ4v) is 3.66. The number of carbonyl (C=O) groups is 1. The molecule has 108 valence electrons. The van der Waals surface area contributed by atoms with Crippen LogP contribution in [0.15, 0.2) is 12.1 Å². The third-order valence-electron chi connectivity index (χ3n) is 4.09. The summed E-state index contributed by atoms with van der Waals surface area (Å²) < 4.78 is 0. The summed E-state index contributed by atoms with van der Waals surface area (Å²) in [5.41, 5.74) is -0.790. The molecular weight excluding hydrogens is 268 g/mol. The second-order valence-electron chi connectivity index (χ2n) is 5.51. The third kappa shape index (κ3) is 3.40. The molecule has 1 aliphatic rings. The lowest BCUT2D eigenvalue weighted by Gasteiger charge is -2.23. The summed E-state index contributed by atoms with van der Waals surface area (Å²) in [6, 6.07) is 6.48. The molecule has 0 atom stereocenters. The quantitative estimate of drug-likeness (QED) is 0.858. The Morgan fingerprint density at radius 2 is 1.95 bits per heavy atom. The van der Waals surface area contributed by atoms with Crippen LogP contribution in [0.4, 0.5) is 0 Å². The number of nitrogens with one attached hydrogen (secondary N) is 1. The molecule has 0 aromatic carbocycles. The molecule has 1 saturated carbocycles. The van der Waals surface area contributed by atoms with Gasteiger partial charge in [0.2, 0.25) is 5.91 Å². The van der Waals surface area contributed by atoms with Gasteiger partial charge in [-0.3, -0.25) is 4.79 Å². The van der Waals surface area contributed by atoms with Crippen molar-refractivity contribution < 1.29 is 4.79 Å². The minimum absolute atomic E-state index is 0.0756. The van der Waals surface area contributed by atoms with Crippen molar-refractivity contribution in [3.05, 3.63) is 21.9 Å². The molecule has 0 radical (unpaired) electrons. The van der Waals surface area contributed by atoms with Crippen LogP contribution >= 0.6 is 11.3 Å². The van der Waals surface area contributed by atoms with E-state index in [-0.39, 0.29) is 5.91 Å². The number of hydrogen-bond acceptors (Lipinski definition) is 3. The standard InChI is InChI=1S/C16H22N2OS/c1-2-13-7-8-14(20-13)11-18-15(19)16(12-17)9-5-3-4-6-10-16/h7-8H,2-6,9-11H2,1H3,(H,18,19). The zero-order valence-corrected chi connectivity index (χ0v) is 12.9. The average molecular weight is 290 g/mol. The van der Waals surface area contributed by atoms with Crippen LogP contribution in [0.25, 0.3) is 0 Å². The number of amides is 1. The molecule has 0 bridgehead atoms. The van der Waals surface area contributed by atoms with E-state index in [4.69, 9.17) is 0 Å². The summed E-state index contributed by atoms with van der Waals surface area (Å²) in [7, 11) is 0. The molecule has 4 heteroatoms. The van der Waals surface area contributed by atoms with Crippen molar-refractivity contribution >= 4 is 17.2 Å². The van der Waals surface area contributed by atoms with Gasteiger partial charge in [0.15, 0.2) is 0 Å². The van der Waals surface area contributed by atoms with E-state index >= 15 is 0 Å². The van der Waals surface area contributed by atoms with Crippen LogP contribution in [0, 0.1) is 16.7 Å². The summed E-state index contributed by atoms with van der Waals surface area (Å²) >= 11 is 1.73. The Hall–Kier alpha value is -1.34. The first-order valence-corrected chi connectivity index (χ1v) is 8.29. The normalized spacial score (nSPS) is 18.0. The van der Waals surface area contributed by atoms with Gasteiger partial charge >= 0.3 is 0 Å². The van der Waals surface area contributed by atoms with E-state index in [0.717, 1.165) is 37.0 Å². The predicted octanol–water partition coefficient (Wildman–Crippen LogP) is 3.79. The molecule has 2 rings (SSSR count). The third-order valence-corrected chi connectivity index (χ3v) is 5.32. The van der Waals surface area contributed by atoms with Crippen LogP contribution in [0.5, 0.6) is 0 Å². The van der Waals surface area contributed by atoms with Gasteiger partial charge in [-0.15, -0.1) is 11.3 Å². The molecule has 0 unspecified atom stereocenters. The maximum atomic E-state index is 12.4. The van der Waals surface area contributed by atoms with Crippen molar-refractivity contribution in [2.24, 2.45) is 5.41 Å². The second kappa shape index (κ2) is 6.90. The van der Waals surface area contributed by atoms with Crippen LogP contribution < -0.4 is 5.32 Å². The van der Waals surface area contributed by atoms with Gasteiger partial charge in [-0.25, -0.2) is 0 Å². The van der Waals surface area contributed by atoms with Gasteiger partial charge in [0.1, 0.15) is 5.41 Å². The van der Waals surface area contributed by atoms with Gasteiger partial charge in [-0.1, -0.05) is 32.6 Å². The van der Waals surface area contributed by atoms with Crippen molar-refractivity contribution in [1.29, 1.82) is 5.26 Å². The highest BCUT2D eigenvalue weighted by Gasteiger charge is 2.38. The summed E-state index contributed by atoms with van der Waals surface area (Å²) in [5, 5.41) is 12.4. The number of carbonyl (C=O) groups excluding carboxylic acids is 1. The highest BCUT2D eigenvalue weighted by molar-refractivity contribution is 7.11. The van der Waals surface area contributed by atoms with Crippen LogP contribution in [-0.2, 0) is 17.8 Å². The van der Waals surface area contributed by atoms with Crippen molar-refractivity contribution in [2.75, 3.05) is 0 Å². The Morgan fingerprint density at radius 1 is 1.30 bits per heavy atom. The topological polar surface area (TPSA) is 52.9 Å². The largest absolute Gasteiger partial charge is 0.350 e. The Labute approximate surface area is 125 Å². The summed E-state index contributed by atoms with van der Waals surface area (Å²) in [4.78, 5) is 14.9. The SMILES string of the molecule is CCc1ccc(CNC(=O)C2(C#N)CCCCCC2)s1. The van der Waals surface area contributed by atoms with E-state index in [1.165, 1.54) is 4.88 Å². The monoisotopic (exact) mass is 290 g/mol. The molecule has 0 aliphatic heterocycles. The molecule has 0 saturated heterocycles. The van der Waals surface area contributed by atoms with Gasteiger partial charge in [0.25, 0.3) is 0 Å². The van der Waals surface area contributed by atoms with Crippen LogP contribution in [0.2, 0.25) is 0 Å². The first kappa shape index (κ1) is 15.1. The van der Waals surface area contributed by atoms with Gasteiger partial charge < -0.3 is 5.32 Å². The van der Waals surface area contributed by atoms with Gasteiger partial charge in [0, 0.05) is 9.75 Å². The molecule has 1 aliphatic carbocycles. The van der Waals surface area contributed by atoms with Gasteiger partial charge in [-0.2, -0.15) is 5.26 Å². The lowest BCUT2D eigenvalue weighted by Crippen LogP contribution is -2.39. The van der Waals surface area contributed by atoms with E-state index in [9.17, 15) is 10.1 Å². The summed E-state index contributed by atoms with van der Waals surface area (Å²) in [6.45, 7) is 2.68. The molecule has 1 heterocycles. The molecule has 20 heavy (non-hydrogen) atoms. The molecule has 0 spiro atoms. The maximum Gasteiger partial charge on any atom is 0.240 e. The highest BCUT2D eigenvalue weighted by Crippen LogP contribution is 2.34. The van der Waals surface area contributed by atoms with E-state index in [0.29, 0.717) is 19.4 Å². The Balaban J connectivity index is 1.97. The van der Waals surface area contributed by atoms with Crippen LogP contribution in [0.3, 0.4) is 0 Å². The first-order valence-electron chi connectivity index (χ1n) is 7.47. The number of rotatable bonds is 4. The smallest absolute Gasteiger partial charge is 0.240 e. The second-order valence-corrected chi connectivity index (χ2v) is 6.77. The van der Waals surface area contributed by atoms with Crippen molar-refractivity contribution in [3.8, 4) is 6.07 Å². The minimum Gasteiger partial charge on any atom is -0.350 e. The van der Waals surface area contributed by atoms with Gasteiger partial charge in [-0.05, 0) is 31.4 Å². The minimum atomic E-state index is -0.790. The molecule has 1 aromatic heterocycles. The van der Waals surface area contributed by atoms with Crippen molar-refractivity contribution in [3.63, 3.8) is 0 Å².